The number of allylic oxidation sites excluding steroid dienone is 2. The number of ether oxygens (including phenoxy) is 1. The zero-order valence-electron chi connectivity index (χ0n) is 16.7. The summed E-state index contributed by atoms with van der Waals surface area (Å²) in [5.74, 6) is -2.78. The Kier molecular flexibility index (Phi) is 6.80. The third kappa shape index (κ3) is 5.31. The van der Waals surface area contributed by atoms with Crippen LogP contribution in [0.1, 0.15) is 19.3 Å². The maximum absolute atomic E-state index is 12.4. The van der Waals surface area contributed by atoms with Crippen molar-refractivity contribution in [3.63, 3.8) is 0 Å². The molecule has 1 aliphatic heterocycles. The number of benzene rings is 1. The van der Waals surface area contributed by atoms with E-state index in [9.17, 15) is 27.6 Å². The van der Waals surface area contributed by atoms with E-state index in [4.69, 9.17) is 16.3 Å². The van der Waals surface area contributed by atoms with Crippen molar-refractivity contribution >= 4 is 50.8 Å². The van der Waals surface area contributed by atoms with E-state index in [1.807, 2.05) is 12.2 Å². The van der Waals surface area contributed by atoms with E-state index in [-0.39, 0.29) is 52.2 Å². The van der Waals surface area contributed by atoms with Crippen molar-refractivity contribution in [2.75, 3.05) is 24.7 Å². The Labute approximate surface area is 184 Å². The quantitative estimate of drug-likeness (QED) is 0.365. The number of nitrogens with zero attached hydrogens (tertiary/aromatic N) is 1. The van der Waals surface area contributed by atoms with E-state index in [0.717, 1.165) is 11.2 Å². The van der Waals surface area contributed by atoms with E-state index in [2.05, 4.69) is 5.32 Å². The number of nitrogens with one attached hydrogen (secondary N) is 1. The van der Waals surface area contributed by atoms with Crippen LogP contribution in [0, 0.1) is 11.8 Å². The molecule has 1 aromatic rings. The standard InChI is InChI=1S/C20H21ClN2O7S/c1-31(28,29)12-6-7-15(21)16(10-12)22-17(24)11-30-18(25)8-9-23-19(26)13-4-2-3-5-14(13)20(23)27/h2-3,6-7,10,13-14H,4-5,8-9,11H2,1H3,(H,22,24)/t13-,14-/m0/s1. The molecule has 1 fully saturated rings. The molecule has 0 saturated carbocycles. The van der Waals surface area contributed by atoms with E-state index >= 15 is 0 Å². The lowest BCUT2D eigenvalue weighted by Crippen LogP contribution is -2.33. The van der Waals surface area contributed by atoms with Gasteiger partial charge in [-0.15, -0.1) is 0 Å². The minimum Gasteiger partial charge on any atom is -0.456 e. The molecule has 1 aromatic carbocycles. The number of amides is 3. The molecule has 166 valence electrons. The summed E-state index contributed by atoms with van der Waals surface area (Å²) in [6.45, 7) is -0.733. The second-order valence-electron chi connectivity index (χ2n) is 7.36. The number of carbonyl (C=O) groups excluding carboxylic acids is 4. The molecule has 31 heavy (non-hydrogen) atoms. The van der Waals surface area contributed by atoms with Gasteiger partial charge in [-0.25, -0.2) is 8.42 Å². The topological polar surface area (TPSA) is 127 Å². The number of hydrogen-bond donors (Lipinski definition) is 1. The number of anilines is 1. The van der Waals surface area contributed by atoms with Crippen LogP contribution < -0.4 is 5.32 Å². The van der Waals surface area contributed by atoms with Crippen molar-refractivity contribution in [2.24, 2.45) is 11.8 Å². The summed E-state index contributed by atoms with van der Waals surface area (Å²) >= 11 is 5.96. The molecule has 1 aliphatic carbocycles. The van der Waals surface area contributed by atoms with Gasteiger partial charge < -0.3 is 10.1 Å². The SMILES string of the molecule is CS(=O)(=O)c1ccc(Cl)c(NC(=O)COC(=O)CCN2C(=O)[C@H]3CC=CC[C@@H]3C2=O)c1. The highest BCUT2D eigenvalue weighted by Gasteiger charge is 2.46. The van der Waals surface area contributed by atoms with Gasteiger partial charge in [0.2, 0.25) is 11.8 Å². The van der Waals surface area contributed by atoms with Crippen LogP contribution in [0.4, 0.5) is 5.69 Å². The van der Waals surface area contributed by atoms with Gasteiger partial charge in [-0.1, -0.05) is 23.8 Å². The monoisotopic (exact) mass is 468 g/mol. The number of fused-ring (bicyclic) bond motifs is 1. The largest absolute Gasteiger partial charge is 0.456 e. The molecule has 0 bridgehead atoms. The van der Waals surface area contributed by atoms with E-state index in [1.54, 1.807) is 0 Å². The van der Waals surface area contributed by atoms with Gasteiger partial charge in [0.05, 0.1) is 33.9 Å². The first-order valence-electron chi connectivity index (χ1n) is 9.53. The fraction of sp³-hybridized carbons (Fsp3) is 0.400. The number of rotatable bonds is 7. The lowest BCUT2D eigenvalue weighted by molar-refractivity contribution is -0.148. The van der Waals surface area contributed by atoms with E-state index in [0.29, 0.717) is 12.8 Å². The van der Waals surface area contributed by atoms with Crippen LogP contribution in [0.2, 0.25) is 5.02 Å². The molecule has 3 rings (SSSR count). The summed E-state index contributed by atoms with van der Waals surface area (Å²) < 4.78 is 28.1. The highest BCUT2D eigenvalue weighted by Crippen LogP contribution is 2.35. The molecule has 3 amide bonds. The van der Waals surface area contributed by atoms with Crippen molar-refractivity contribution < 1.29 is 32.3 Å². The molecule has 2 atom stereocenters. The molecule has 11 heteroatoms. The Morgan fingerprint density at radius 1 is 1.16 bits per heavy atom. The maximum atomic E-state index is 12.4. The third-order valence-corrected chi connectivity index (χ3v) is 6.58. The normalized spacial score (nSPS) is 20.5. The summed E-state index contributed by atoms with van der Waals surface area (Å²) in [6.07, 6.45) is 5.56. The molecule has 0 spiro atoms. The van der Waals surface area contributed by atoms with Crippen molar-refractivity contribution in [3.8, 4) is 0 Å². The maximum Gasteiger partial charge on any atom is 0.308 e. The molecular formula is C20H21ClN2O7S. The number of halogens is 1. The van der Waals surface area contributed by atoms with E-state index < -0.39 is 28.3 Å². The predicted molar refractivity (Wildman–Crippen MR) is 111 cm³/mol. The molecule has 1 saturated heterocycles. The van der Waals surface area contributed by atoms with Crippen LogP contribution in [-0.4, -0.2) is 56.4 Å². The van der Waals surface area contributed by atoms with Crippen molar-refractivity contribution in [2.45, 2.75) is 24.2 Å². The van der Waals surface area contributed by atoms with Crippen molar-refractivity contribution in [3.05, 3.63) is 35.4 Å². The minimum absolute atomic E-state index is 0.0279. The number of sulfone groups is 1. The smallest absolute Gasteiger partial charge is 0.308 e. The number of esters is 1. The number of carbonyl (C=O) groups is 4. The van der Waals surface area contributed by atoms with Gasteiger partial charge in [0.15, 0.2) is 16.4 Å². The average Bonchev–Trinajstić information content (AvgIpc) is 2.96. The second kappa shape index (κ2) is 9.19. The second-order valence-corrected chi connectivity index (χ2v) is 9.78. The Bertz CT molecular complexity index is 1040. The van der Waals surface area contributed by atoms with Crippen LogP contribution in [0.3, 0.4) is 0 Å². The first kappa shape index (κ1) is 23.0. The van der Waals surface area contributed by atoms with Crippen molar-refractivity contribution in [1.29, 1.82) is 0 Å². The first-order valence-corrected chi connectivity index (χ1v) is 11.8. The average molecular weight is 469 g/mol. The van der Waals surface area contributed by atoms with Crippen LogP contribution in [0.25, 0.3) is 0 Å². The fourth-order valence-electron chi connectivity index (χ4n) is 3.53. The van der Waals surface area contributed by atoms with Gasteiger partial charge in [-0.05, 0) is 31.0 Å². The van der Waals surface area contributed by atoms with Crippen LogP contribution in [0.5, 0.6) is 0 Å². The van der Waals surface area contributed by atoms with Gasteiger partial charge >= 0.3 is 5.97 Å². The molecule has 9 nitrogen and oxygen atoms in total. The molecule has 0 unspecified atom stereocenters. The van der Waals surface area contributed by atoms with Crippen LogP contribution in [-0.2, 0) is 33.8 Å². The predicted octanol–water partition coefficient (Wildman–Crippen LogP) is 1.57. The van der Waals surface area contributed by atoms with Gasteiger partial charge in [0, 0.05) is 12.8 Å². The lowest BCUT2D eigenvalue weighted by atomic mass is 9.85. The highest BCUT2D eigenvalue weighted by atomic mass is 35.5. The zero-order valence-corrected chi connectivity index (χ0v) is 18.2. The van der Waals surface area contributed by atoms with Crippen LogP contribution in [0.15, 0.2) is 35.2 Å². The van der Waals surface area contributed by atoms with Gasteiger partial charge in [0.1, 0.15) is 0 Å². The summed E-state index contributed by atoms with van der Waals surface area (Å²) in [5.41, 5.74) is 0.0649. The zero-order chi connectivity index (χ0) is 22.8. The summed E-state index contributed by atoms with van der Waals surface area (Å²) in [6, 6.07) is 3.84. The Morgan fingerprint density at radius 2 is 1.77 bits per heavy atom. The molecular weight excluding hydrogens is 448 g/mol. The van der Waals surface area contributed by atoms with Gasteiger partial charge in [0.25, 0.3) is 5.91 Å². The first-order chi connectivity index (χ1) is 14.6. The van der Waals surface area contributed by atoms with Gasteiger partial charge in [-0.3, -0.25) is 24.1 Å². The summed E-state index contributed by atoms with van der Waals surface area (Å²) in [4.78, 5) is 49.8. The summed E-state index contributed by atoms with van der Waals surface area (Å²) in [7, 11) is -3.50. The summed E-state index contributed by atoms with van der Waals surface area (Å²) in [5, 5.41) is 2.50. The van der Waals surface area contributed by atoms with Crippen molar-refractivity contribution in [1.82, 2.24) is 4.90 Å². The Balaban J connectivity index is 1.49. The Morgan fingerprint density at radius 3 is 2.35 bits per heavy atom. The molecule has 0 aromatic heterocycles. The Hall–Kier alpha value is -2.72. The number of likely N-dealkylation sites (tertiary alicyclic amines) is 1. The van der Waals surface area contributed by atoms with Crippen LogP contribution >= 0.6 is 11.6 Å². The number of imide groups is 1. The minimum atomic E-state index is -3.50. The molecule has 0 radical (unpaired) electrons. The molecule has 1 N–H and O–H groups in total. The fourth-order valence-corrected chi connectivity index (χ4v) is 4.34. The third-order valence-electron chi connectivity index (χ3n) is 5.14. The lowest BCUT2D eigenvalue weighted by Gasteiger charge is -2.14. The van der Waals surface area contributed by atoms with Gasteiger partial charge in [-0.2, -0.15) is 0 Å². The van der Waals surface area contributed by atoms with E-state index in [1.165, 1.54) is 18.2 Å². The molecule has 1 heterocycles. The molecule has 2 aliphatic rings. The number of hydrogen-bond acceptors (Lipinski definition) is 7. The highest BCUT2D eigenvalue weighted by molar-refractivity contribution is 7.90.